The number of ether oxygens (including phenoxy) is 2. The van der Waals surface area contributed by atoms with Crippen molar-refractivity contribution in [1.29, 1.82) is 0 Å². The molecule has 0 bridgehead atoms. The lowest BCUT2D eigenvalue weighted by Crippen LogP contribution is -2.21. The maximum absolute atomic E-state index is 10.2. The van der Waals surface area contributed by atoms with Crippen molar-refractivity contribution in [2.24, 2.45) is 0 Å². The van der Waals surface area contributed by atoms with Crippen LogP contribution in [0, 0.1) is 0 Å². The van der Waals surface area contributed by atoms with Crippen LogP contribution in [0.15, 0.2) is 12.1 Å². The van der Waals surface area contributed by atoms with E-state index in [9.17, 15) is 5.11 Å². The zero-order valence-corrected chi connectivity index (χ0v) is 11.2. The Hall–Kier alpha value is -1.26. The van der Waals surface area contributed by atoms with Crippen LogP contribution in [0.3, 0.4) is 0 Å². The predicted molar refractivity (Wildman–Crippen MR) is 70.4 cm³/mol. The van der Waals surface area contributed by atoms with Crippen LogP contribution in [0.25, 0.3) is 0 Å². The Kier molecular flexibility index (Phi) is 4.09. The second-order valence-corrected chi connectivity index (χ2v) is 4.82. The third-order valence-corrected chi connectivity index (χ3v) is 3.11. The summed E-state index contributed by atoms with van der Waals surface area (Å²) in [4.78, 5) is 0. The molecule has 1 aliphatic heterocycles. The van der Waals surface area contributed by atoms with E-state index in [4.69, 9.17) is 9.47 Å². The van der Waals surface area contributed by atoms with Crippen molar-refractivity contribution >= 4 is 0 Å². The van der Waals surface area contributed by atoms with Crippen LogP contribution in [-0.2, 0) is 0 Å². The van der Waals surface area contributed by atoms with Crippen LogP contribution in [0.2, 0.25) is 0 Å². The first-order valence-electron chi connectivity index (χ1n) is 6.40. The topological polar surface area (TPSA) is 50.7 Å². The SMILES string of the molecule is CNCC(O)c1ccc2c(c1C(C)C)OCCO2. The standard InChI is InChI=1S/C14H21NO3/c1-9(2)13-10(11(16)8-15-3)4-5-12-14(13)18-7-6-17-12/h4-5,9,11,15-16H,6-8H2,1-3H3. The molecule has 0 saturated heterocycles. The Morgan fingerprint density at radius 3 is 2.67 bits per heavy atom. The zero-order valence-electron chi connectivity index (χ0n) is 11.2. The average molecular weight is 251 g/mol. The molecule has 2 rings (SSSR count). The first-order chi connectivity index (χ1) is 8.65. The summed E-state index contributed by atoms with van der Waals surface area (Å²) in [6.07, 6.45) is -0.525. The van der Waals surface area contributed by atoms with Crippen molar-refractivity contribution in [3.05, 3.63) is 23.3 Å². The van der Waals surface area contributed by atoms with Crippen LogP contribution < -0.4 is 14.8 Å². The molecule has 4 heteroatoms. The van der Waals surface area contributed by atoms with Gasteiger partial charge in [-0.1, -0.05) is 19.9 Å². The van der Waals surface area contributed by atoms with Crippen LogP contribution in [0.5, 0.6) is 11.5 Å². The Morgan fingerprint density at radius 2 is 2.00 bits per heavy atom. The Bertz CT molecular complexity index is 418. The second kappa shape index (κ2) is 5.59. The van der Waals surface area contributed by atoms with Crippen LogP contribution in [0.1, 0.15) is 37.0 Å². The number of rotatable bonds is 4. The Morgan fingerprint density at radius 1 is 1.28 bits per heavy atom. The van der Waals surface area contributed by atoms with Gasteiger partial charge in [0.25, 0.3) is 0 Å². The third-order valence-electron chi connectivity index (χ3n) is 3.11. The smallest absolute Gasteiger partial charge is 0.165 e. The average Bonchev–Trinajstić information content (AvgIpc) is 2.37. The first kappa shape index (κ1) is 13.2. The molecule has 1 unspecified atom stereocenters. The fourth-order valence-corrected chi connectivity index (χ4v) is 2.34. The zero-order chi connectivity index (χ0) is 13.1. The molecule has 100 valence electrons. The van der Waals surface area contributed by atoms with Crippen molar-refractivity contribution in [2.45, 2.75) is 25.9 Å². The third kappa shape index (κ3) is 2.44. The van der Waals surface area contributed by atoms with Gasteiger partial charge < -0.3 is 19.9 Å². The van der Waals surface area contributed by atoms with Gasteiger partial charge in [0.15, 0.2) is 11.5 Å². The molecular weight excluding hydrogens is 230 g/mol. The molecule has 4 nitrogen and oxygen atoms in total. The number of aliphatic hydroxyl groups excluding tert-OH is 1. The maximum Gasteiger partial charge on any atom is 0.165 e. The van der Waals surface area contributed by atoms with E-state index in [1.165, 1.54) is 0 Å². The number of hydrogen-bond donors (Lipinski definition) is 2. The van der Waals surface area contributed by atoms with Crippen molar-refractivity contribution in [1.82, 2.24) is 5.32 Å². The van der Waals surface area contributed by atoms with E-state index < -0.39 is 6.10 Å². The second-order valence-electron chi connectivity index (χ2n) is 4.82. The van der Waals surface area contributed by atoms with Gasteiger partial charge >= 0.3 is 0 Å². The number of aliphatic hydroxyl groups is 1. The highest BCUT2D eigenvalue weighted by Crippen LogP contribution is 2.41. The molecule has 2 N–H and O–H groups in total. The summed E-state index contributed by atoms with van der Waals surface area (Å²) in [6.45, 7) is 5.88. The van der Waals surface area contributed by atoms with Crippen LogP contribution >= 0.6 is 0 Å². The monoisotopic (exact) mass is 251 g/mol. The molecule has 1 heterocycles. The van der Waals surface area contributed by atoms with Gasteiger partial charge in [-0.25, -0.2) is 0 Å². The van der Waals surface area contributed by atoms with Crippen LogP contribution in [0.4, 0.5) is 0 Å². The lowest BCUT2D eigenvalue weighted by Gasteiger charge is -2.26. The Labute approximate surface area is 108 Å². The molecule has 1 aromatic carbocycles. The molecule has 0 spiro atoms. The summed E-state index contributed by atoms with van der Waals surface area (Å²) in [7, 11) is 1.83. The number of benzene rings is 1. The normalized spacial score (nSPS) is 15.8. The van der Waals surface area contributed by atoms with Gasteiger partial charge in [-0.05, 0) is 24.6 Å². The van der Waals surface area contributed by atoms with Gasteiger partial charge in [0.2, 0.25) is 0 Å². The van der Waals surface area contributed by atoms with Gasteiger partial charge in [-0.3, -0.25) is 0 Å². The number of hydrogen-bond acceptors (Lipinski definition) is 4. The molecule has 18 heavy (non-hydrogen) atoms. The molecule has 0 saturated carbocycles. The Balaban J connectivity index is 2.46. The van der Waals surface area contributed by atoms with Gasteiger partial charge in [0, 0.05) is 12.1 Å². The number of likely N-dealkylation sites (N-methyl/N-ethyl adjacent to an activating group) is 1. The van der Waals surface area contributed by atoms with Crippen molar-refractivity contribution in [3.8, 4) is 11.5 Å². The molecule has 0 fully saturated rings. The molecule has 1 aliphatic rings. The first-order valence-corrected chi connectivity index (χ1v) is 6.40. The number of nitrogens with one attached hydrogen (secondary N) is 1. The van der Waals surface area contributed by atoms with E-state index in [2.05, 4.69) is 19.2 Å². The maximum atomic E-state index is 10.2. The molecular formula is C14H21NO3. The van der Waals surface area contributed by atoms with Gasteiger partial charge in [0.05, 0.1) is 6.10 Å². The van der Waals surface area contributed by atoms with Crippen molar-refractivity contribution in [2.75, 3.05) is 26.8 Å². The minimum absolute atomic E-state index is 0.281. The van der Waals surface area contributed by atoms with Crippen molar-refractivity contribution in [3.63, 3.8) is 0 Å². The predicted octanol–water partition coefficient (Wildman–Crippen LogP) is 1.83. The van der Waals surface area contributed by atoms with E-state index in [-0.39, 0.29) is 5.92 Å². The van der Waals surface area contributed by atoms with E-state index in [1.807, 2.05) is 19.2 Å². The summed E-state index contributed by atoms with van der Waals surface area (Å²) in [5.74, 6) is 1.86. The highest BCUT2D eigenvalue weighted by atomic mass is 16.6. The summed E-state index contributed by atoms with van der Waals surface area (Å²) >= 11 is 0. The van der Waals surface area contributed by atoms with Gasteiger partial charge in [-0.2, -0.15) is 0 Å². The van der Waals surface area contributed by atoms with Gasteiger partial charge in [0.1, 0.15) is 13.2 Å². The minimum atomic E-state index is -0.525. The van der Waals surface area contributed by atoms with Crippen molar-refractivity contribution < 1.29 is 14.6 Å². The van der Waals surface area contributed by atoms with Crippen LogP contribution in [-0.4, -0.2) is 31.9 Å². The molecule has 1 atom stereocenters. The summed E-state index contributed by atoms with van der Waals surface area (Å²) in [5.41, 5.74) is 1.97. The fraction of sp³-hybridized carbons (Fsp3) is 0.571. The lowest BCUT2D eigenvalue weighted by atomic mass is 9.92. The quantitative estimate of drug-likeness (QED) is 0.857. The van der Waals surface area contributed by atoms with Gasteiger partial charge in [-0.15, -0.1) is 0 Å². The highest BCUT2D eigenvalue weighted by Gasteiger charge is 2.24. The highest BCUT2D eigenvalue weighted by molar-refractivity contribution is 5.53. The molecule has 0 aromatic heterocycles. The molecule has 0 radical (unpaired) electrons. The summed E-state index contributed by atoms with van der Waals surface area (Å²) in [5, 5.41) is 13.2. The minimum Gasteiger partial charge on any atom is -0.486 e. The van der Waals surface area contributed by atoms with E-state index in [0.29, 0.717) is 19.8 Å². The lowest BCUT2D eigenvalue weighted by molar-refractivity contribution is 0.161. The molecule has 0 aliphatic carbocycles. The summed E-state index contributed by atoms with van der Waals surface area (Å²) < 4.78 is 11.3. The number of fused-ring (bicyclic) bond motifs is 1. The van der Waals surface area contributed by atoms with E-state index >= 15 is 0 Å². The largest absolute Gasteiger partial charge is 0.486 e. The summed E-state index contributed by atoms with van der Waals surface area (Å²) in [6, 6.07) is 3.82. The molecule has 1 aromatic rings. The fourth-order valence-electron chi connectivity index (χ4n) is 2.34. The van der Waals surface area contributed by atoms with E-state index in [0.717, 1.165) is 22.6 Å². The van der Waals surface area contributed by atoms with E-state index in [1.54, 1.807) is 0 Å². The molecule has 0 amide bonds.